The molecule has 0 spiro atoms. The Balaban J connectivity index is 2.43. The molecule has 0 saturated carbocycles. The van der Waals surface area contributed by atoms with Gasteiger partial charge in [-0.05, 0) is 35.4 Å². The maximum atomic E-state index is 11.2. The average Bonchev–Trinajstić information content (AvgIpc) is 3.07. The summed E-state index contributed by atoms with van der Waals surface area (Å²) in [4.78, 5) is 16.7. The van der Waals surface area contributed by atoms with Crippen molar-refractivity contribution in [3.63, 3.8) is 0 Å². The highest BCUT2D eigenvalue weighted by Gasteiger charge is 2.18. The summed E-state index contributed by atoms with van der Waals surface area (Å²) in [7, 11) is 1.61. The molecule has 30 heavy (non-hydrogen) atoms. The normalized spacial score (nSPS) is 12.4. The molecule has 1 aromatic carbocycles. The Morgan fingerprint density at radius 2 is 1.83 bits per heavy atom. The predicted molar refractivity (Wildman–Crippen MR) is 119 cm³/mol. The SMILES string of the molecule is COCc1nnc(Nc2cc([C@H](C)CC(=O)O)ccc2N(CC(C)C)CC(C)C)[nH]1. The lowest BCUT2D eigenvalue weighted by Gasteiger charge is -2.31. The number of methoxy groups -OCH3 is 1. The summed E-state index contributed by atoms with van der Waals surface area (Å²) in [6.07, 6.45) is 0.0841. The third kappa shape index (κ3) is 7.02. The second kappa shape index (κ2) is 11.0. The highest BCUT2D eigenvalue weighted by Crippen LogP contribution is 2.33. The number of ether oxygens (including phenoxy) is 1. The van der Waals surface area contributed by atoms with Crippen LogP contribution < -0.4 is 10.2 Å². The van der Waals surface area contributed by atoms with Gasteiger partial charge in [-0.25, -0.2) is 0 Å². The van der Waals surface area contributed by atoms with Crippen LogP contribution in [0.5, 0.6) is 0 Å². The van der Waals surface area contributed by atoms with E-state index in [0.29, 0.717) is 30.2 Å². The van der Waals surface area contributed by atoms with E-state index >= 15 is 0 Å². The summed E-state index contributed by atoms with van der Waals surface area (Å²) in [5.74, 6) is 1.27. The zero-order valence-corrected chi connectivity index (χ0v) is 18.9. The molecule has 0 fully saturated rings. The van der Waals surface area contributed by atoms with E-state index < -0.39 is 5.97 Å². The standard InChI is InChI=1S/C22H35N5O3/c1-14(2)11-27(12-15(3)4)19-8-7-17(16(5)9-21(28)29)10-18(19)23-22-24-20(13-30-6)25-26-22/h7-8,10,14-16H,9,11-13H2,1-6H3,(H,28,29)(H2,23,24,25,26)/t16-/m1/s1. The van der Waals surface area contributed by atoms with Crippen LogP contribution in [0.15, 0.2) is 18.2 Å². The zero-order chi connectivity index (χ0) is 22.3. The van der Waals surface area contributed by atoms with E-state index in [9.17, 15) is 9.90 Å². The molecule has 0 radical (unpaired) electrons. The zero-order valence-electron chi connectivity index (χ0n) is 18.9. The summed E-state index contributed by atoms with van der Waals surface area (Å²) in [5.41, 5.74) is 2.91. The van der Waals surface area contributed by atoms with Gasteiger partial charge in [0.1, 0.15) is 6.61 Å². The highest BCUT2D eigenvalue weighted by atomic mass is 16.5. The van der Waals surface area contributed by atoms with E-state index in [1.165, 1.54) is 0 Å². The van der Waals surface area contributed by atoms with Crippen molar-refractivity contribution in [3.8, 4) is 0 Å². The largest absolute Gasteiger partial charge is 0.481 e. The van der Waals surface area contributed by atoms with Gasteiger partial charge in [0, 0.05) is 20.2 Å². The third-order valence-electron chi connectivity index (χ3n) is 4.65. The molecule has 0 aliphatic heterocycles. The third-order valence-corrected chi connectivity index (χ3v) is 4.65. The number of rotatable bonds is 12. The molecule has 0 unspecified atom stereocenters. The monoisotopic (exact) mass is 417 g/mol. The van der Waals surface area contributed by atoms with Gasteiger partial charge in [-0.1, -0.05) is 40.7 Å². The van der Waals surface area contributed by atoms with Gasteiger partial charge in [-0.3, -0.25) is 4.79 Å². The van der Waals surface area contributed by atoms with Crippen molar-refractivity contribution in [1.82, 2.24) is 15.2 Å². The van der Waals surface area contributed by atoms with Crippen molar-refractivity contribution in [2.24, 2.45) is 11.8 Å². The van der Waals surface area contributed by atoms with Crippen LogP contribution in [0.4, 0.5) is 17.3 Å². The molecule has 8 nitrogen and oxygen atoms in total. The fraction of sp³-hybridized carbons (Fsp3) is 0.591. The van der Waals surface area contributed by atoms with Crippen molar-refractivity contribution >= 4 is 23.3 Å². The number of aromatic nitrogens is 3. The maximum absolute atomic E-state index is 11.2. The van der Waals surface area contributed by atoms with Gasteiger partial charge < -0.3 is 25.0 Å². The minimum absolute atomic E-state index is 0.0841. The molecule has 0 aliphatic carbocycles. The first kappa shape index (κ1) is 23.7. The van der Waals surface area contributed by atoms with E-state index in [1.807, 2.05) is 19.1 Å². The number of hydrogen-bond acceptors (Lipinski definition) is 6. The Hall–Kier alpha value is -2.61. The quantitative estimate of drug-likeness (QED) is 0.470. The van der Waals surface area contributed by atoms with Gasteiger partial charge in [0.05, 0.1) is 17.8 Å². The summed E-state index contributed by atoms with van der Waals surface area (Å²) in [5, 5.41) is 20.8. The van der Waals surface area contributed by atoms with Gasteiger partial charge in [0.15, 0.2) is 5.82 Å². The van der Waals surface area contributed by atoms with Crippen molar-refractivity contribution < 1.29 is 14.6 Å². The fourth-order valence-electron chi connectivity index (χ4n) is 3.45. The van der Waals surface area contributed by atoms with Crippen LogP contribution in [0.3, 0.4) is 0 Å². The van der Waals surface area contributed by atoms with E-state index in [2.05, 4.69) is 59.2 Å². The second-order valence-corrected chi connectivity index (χ2v) is 8.65. The van der Waals surface area contributed by atoms with E-state index in [4.69, 9.17) is 4.74 Å². The molecule has 166 valence electrons. The Morgan fingerprint density at radius 1 is 1.17 bits per heavy atom. The van der Waals surface area contributed by atoms with Gasteiger partial charge in [0.2, 0.25) is 5.95 Å². The summed E-state index contributed by atoms with van der Waals surface area (Å²) >= 11 is 0. The lowest BCUT2D eigenvalue weighted by molar-refractivity contribution is -0.137. The molecule has 3 N–H and O–H groups in total. The topological polar surface area (TPSA) is 103 Å². The predicted octanol–water partition coefficient (Wildman–Crippen LogP) is 4.39. The second-order valence-electron chi connectivity index (χ2n) is 8.65. The number of carbonyl (C=O) groups is 1. The van der Waals surface area contributed by atoms with Crippen LogP contribution >= 0.6 is 0 Å². The van der Waals surface area contributed by atoms with E-state index in [0.717, 1.165) is 30.0 Å². The molecule has 2 aromatic rings. The van der Waals surface area contributed by atoms with Crippen molar-refractivity contribution in [2.75, 3.05) is 30.4 Å². The number of nitrogens with zero attached hydrogens (tertiary/aromatic N) is 3. The summed E-state index contributed by atoms with van der Waals surface area (Å²) < 4.78 is 5.10. The number of benzene rings is 1. The molecule has 2 rings (SSSR count). The molecule has 0 saturated heterocycles. The molecule has 0 amide bonds. The minimum atomic E-state index is -0.804. The number of H-pyrrole nitrogens is 1. The summed E-state index contributed by atoms with van der Waals surface area (Å²) in [6, 6.07) is 6.13. The number of aromatic amines is 1. The molecule has 1 aromatic heterocycles. The van der Waals surface area contributed by atoms with Gasteiger partial charge >= 0.3 is 5.97 Å². The number of aliphatic carboxylic acids is 1. The van der Waals surface area contributed by atoms with Crippen LogP contribution in [-0.4, -0.2) is 46.5 Å². The van der Waals surface area contributed by atoms with Crippen molar-refractivity contribution in [2.45, 2.75) is 53.6 Å². The van der Waals surface area contributed by atoms with Gasteiger partial charge in [-0.2, -0.15) is 0 Å². The molecule has 1 atom stereocenters. The summed E-state index contributed by atoms with van der Waals surface area (Å²) in [6.45, 7) is 12.9. The molecular weight excluding hydrogens is 382 g/mol. The van der Waals surface area contributed by atoms with Gasteiger partial charge in [0.25, 0.3) is 0 Å². The number of carboxylic acid groups (broad SMARTS) is 1. The number of nitrogens with one attached hydrogen (secondary N) is 2. The smallest absolute Gasteiger partial charge is 0.303 e. The lowest BCUT2D eigenvalue weighted by atomic mass is 9.96. The van der Waals surface area contributed by atoms with Crippen molar-refractivity contribution in [1.29, 1.82) is 0 Å². The highest BCUT2D eigenvalue weighted by molar-refractivity contribution is 5.75. The van der Waals surface area contributed by atoms with Crippen LogP contribution in [-0.2, 0) is 16.1 Å². The van der Waals surface area contributed by atoms with Crippen molar-refractivity contribution in [3.05, 3.63) is 29.6 Å². The minimum Gasteiger partial charge on any atom is -0.481 e. The first-order valence-corrected chi connectivity index (χ1v) is 10.5. The van der Waals surface area contributed by atoms with Crippen LogP contribution in [0.25, 0.3) is 0 Å². The molecule has 1 heterocycles. The average molecular weight is 418 g/mol. The van der Waals surface area contributed by atoms with Crippen LogP contribution in [0, 0.1) is 11.8 Å². The van der Waals surface area contributed by atoms with Gasteiger partial charge in [-0.15, -0.1) is 10.2 Å². The number of anilines is 3. The number of carboxylic acids is 1. The Kier molecular flexibility index (Phi) is 8.65. The first-order valence-electron chi connectivity index (χ1n) is 10.5. The first-order chi connectivity index (χ1) is 14.2. The molecule has 0 bridgehead atoms. The lowest BCUT2D eigenvalue weighted by Crippen LogP contribution is -2.31. The Labute approximate surface area is 179 Å². The van der Waals surface area contributed by atoms with E-state index in [-0.39, 0.29) is 12.3 Å². The van der Waals surface area contributed by atoms with E-state index in [1.54, 1.807) is 7.11 Å². The maximum Gasteiger partial charge on any atom is 0.303 e. The molecule has 8 heteroatoms. The van der Waals surface area contributed by atoms with Crippen LogP contribution in [0.1, 0.15) is 58.3 Å². The number of hydrogen-bond donors (Lipinski definition) is 3. The fourth-order valence-corrected chi connectivity index (χ4v) is 3.45. The molecule has 0 aliphatic rings. The van der Waals surface area contributed by atoms with Crippen LogP contribution in [0.2, 0.25) is 0 Å². The Morgan fingerprint density at radius 3 is 2.40 bits per heavy atom. The Bertz CT molecular complexity index is 809. The molecular formula is C22H35N5O3.